The first-order valence-electron chi connectivity index (χ1n) is 8.18. The molecule has 3 rings (SSSR count). The van der Waals surface area contributed by atoms with Gasteiger partial charge in [-0.15, -0.1) is 0 Å². The molecule has 1 fully saturated rings. The highest BCUT2D eigenvalue weighted by Crippen LogP contribution is 2.25. The zero-order valence-electron chi connectivity index (χ0n) is 13.9. The Bertz CT molecular complexity index is 886. The number of halogens is 2. The highest BCUT2D eigenvalue weighted by molar-refractivity contribution is 14.1. The quantitative estimate of drug-likeness (QED) is 0.671. The molecule has 0 aliphatic carbocycles. The molecule has 1 atom stereocenters. The van der Waals surface area contributed by atoms with Crippen molar-refractivity contribution in [1.29, 1.82) is 0 Å². The molecule has 138 valence electrons. The summed E-state index contributed by atoms with van der Waals surface area (Å²) in [6.45, 7) is 0.475. The Morgan fingerprint density at radius 1 is 1.12 bits per heavy atom. The number of hydrogen-bond donors (Lipinski definition) is 1. The van der Waals surface area contributed by atoms with Gasteiger partial charge in [-0.25, -0.2) is 12.8 Å². The molecule has 0 spiro atoms. The highest BCUT2D eigenvalue weighted by Gasteiger charge is 2.33. The van der Waals surface area contributed by atoms with Crippen molar-refractivity contribution < 1.29 is 17.6 Å². The van der Waals surface area contributed by atoms with Crippen LogP contribution >= 0.6 is 22.6 Å². The maximum Gasteiger partial charge on any atom is 0.243 e. The summed E-state index contributed by atoms with van der Waals surface area (Å²) in [5, 5.41) is 2.84. The number of piperidine rings is 1. The van der Waals surface area contributed by atoms with Gasteiger partial charge in [-0.05, 0) is 84.0 Å². The van der Waals surface area contributed by atoms with Gasteiger partial charge in [0.2, 0.25) is 15.9 Å². The van der Waals surface area contributed by atoms with Crippen molar-refractivity contribution in [2.45, 2.75) is 17.7 Å². The number of carbonyl (C=O) groups is 1. The molecule has 0 bridgehead atoms. The molecule has 0 aromatic heterocycles. The zero-order chi connectivity index (χ0) is 18.7. The average molecular weight is 488 g/mol. The Morgan fingerprint density at radius 2 is 1.77 bits per heavy atom. The molecular formula is C18H18FIN2O3S. The SMILES string of the molecule is O=C(Nc1ccc(I)cc1)C1CCCN(S(=O)(=O)c2ccc(F)cc2)C1. The first-order chi connectivity index (χ1) is 12.4. The third kappa shape index (κ3) is 4.41. The van der Waals surface area contributed by atoms with Crippen molar-refractivity contribution >= 4 is 44.2 Å². The lowest BCUT2D eigenvalue weighted by Crippen LogP contribution is -2.43. The van der Waals surface area contributed by atoms with E-state index in [1.807, 2.05) is 24.3 Å². The number of nitrogens with one attached hydrogen (secondary N) is 1. The van der Waals surface area contributed by atoms with Gasteiger partial charge in [0.15, 0.2) is 0 Å². The lowest BCUT2D eigenvalue weighted by atomic mass is 9.99. The van der Waals surface area contributed by atoms with E-state index in [0.29, 0.717) is 25.1 Å². The van der Waals surface area contributed by atoms with E-state index in [0.717, 1.165) is 15.7 Å². The van der Waals surface area contributed by atoms with Crippen LogP contribution in [0.2, 0.25) is 0 Å². The largest absolute Gasteiger partial charge is 0.326 e. The smallest absolute Gasteiger partial charge is 0.243 e. The van der Waals surface area contributed by atoms with Gasteiger partial charge >= 0.3 is 0 Å². The fourth-order valence-corrected chi connectivity index (χ4v) is 4.79. The zero-order valence-corrected chi connectivity index (χ0v) is 16.8. The van der Waals surface area contributed by atoms with Crippen LogP contribution < -0.4 is 5.32 Å². The molecule has 2 aromatic carbocycles. The number of carbonyl (C=O) groups excluding carboxylic acids is 1. The predicted molar refractivity (Wildman–Crippen MR) is 106 cm³/mol. The number of nitrogens with zero attached hydrogens (tertiary/aromatic N) is 1. The topological polar surface area (TPSA) is 66.5 Å². The molecule has 1 aliphatic rings. The molecule has 1 unspecified atom stereocenters. The summed E-state index contributed by atoms with van der Waals surface area (Å²) >= 11 is 2.18. The molecule has 1 amide bonds. The van der Waals surface area contributed by atoms with Gasteiger partial charge in [-0.2, -0.15) is 4.31 Å². The Balaban J connectivity index is 1.71. The van der Waals surface area contributed by atoms with Crippen LogP contribution in [0.15, 0.2) is 53.4 Å². The van der Waals surface area contributed by atoms with Crippen LogP contribution in [-0.2, 0) is 14.8 Å². The van der Waals surface area contributed by atoms with Crippen molar-refractivity contribution in [3.05, 3.63) is 57.9 Å². The maximum atomic E-state index is 13.1. The third-order valence-electron chi connectivity index (χ3n) is 4.32. The monoisotopic (exact) mass is 488 g/mol. The molecule has 26 heavy (non-hydrogen) atoms. The van der Waals surface area contributed by atoms with Crippen LogP contribution in [0.1, 0.15) is 12.8 Å². The van der Waals surface area contributed by atoms with Gasteiger partial charge in [0, 0.05) is 22.3 Å². The predicted octanol–water partition coefficient (Wildman–Crippen LogP) is 3.47. The Kier molecular flexibility index (Phi) is 5.93. The second kappa shape index (κ2) is 8.01. The summed E-state index contributed by atoms with van der Waals surface area (Å²) in [4.78, 5) is 12.6. The van der Waals surface area contributed by atoms with Crippen molar-refractivity contribution in [1.82, 2.24) is 4.31 Å². The van der Waals surface area contributed by atoms with E-state index in [1.54, 1.807) is 0 Å². The van der Waals surface area contributed by atoms with Crippen LogP contribution in [0, 0.1) is 15.3 Å². The van der Waals surface area contributed by atoms with Gasteiger partial charge in [0.05, 0.1) is 10.8 Å². The highest BCUT2D eigenvalue weighted by atomic mass is 127. The standard InChI is InChI=1S/C18H18FIN2O3S/c19-14-3-9-17(10-4-14)26(24,25)22-11-1-2-13(12-22)18(23)21-16-7-5-15(20)6-8-16/h3-10,13H,1-2,11-12H2,(H,21,23). The van der Waals surface area contributed by atoms with Crippen LogP contribution in [0.5, 0.6) is 0 Å². The summed E-state index contributed by atoms with van der Waals surface area (Å²) in [5.74, 6) is -1.10. The van der Waals surface area contributed by atoms with Crippen molar-refractivity contribution in [2.24, 2.45) is 5.92 Å². The van der Waals surface area contributed by atoms with Gasteiger partial charge in [-0.1, -0.05) is 0 Å². The van der Waals surface area contributed by atoms with E-state index in [1.165, 1.54) is 16.4 Å². The minimum atomic E-state index is -3.74. The van der Waals surface area contributed by atoms with E-state index in [-0.39, 0.29) is 17.3 Å². The first-order valence-corrected chi connectivity index (χ1v) is 10.7. The first kappa shape index (κ1) is 19.2. The molecule has 5 nitrogen and oxygen atoms in total. The summed E-state index contributed by atoms with van der Waals surface area (Å²) < 4.78 is 40.9. The molecule has 0 radical (unpaired) electrons. The van der Waals surface area contributed by atoms with Crippen LogP contribution in [0.4, 0.5) is 10.1 Å². The lowest BCUT2D eigenvalue weighted by molar-refractivity contribution is -0.120. The number of hydrogen-bond acceptors (Lipinski definition) is 3. The Hall–Kier alpha value is -1.52. The molecule has 2 aromatic rings. The maximum absolute atomic E-state index is 13.1. The molecule has 1 heterocycles. The number of sulfonamides is 1. The number of anilines is 1. The molecule has 1 saturated heterocycles. The molecular weight excluding hydrogens is 470 g/mol. The Morgan fingerprint density at radius 3 is 2.42 bits per heavy atom. The molecule has 1 N–H and O–H groups in total. The second-order valence-corrected chi connectivity index (χ2v) is 9.34. The Labute approximate surface area is 165 Å². The van der Waals surface area contributed by atoms with Crippen LogP contribution in [0.3, 0.4) is 0 Å². The molecule has 8 heteroatoms. The number of rotatable bonds is 4. The van der Waals surface area contributed by atoms with Crippen molar-refractivity contribution in [3.8, 4) is 0 Å². The van der Waals surface area contributed by atoms with E-state index in [2.05, 4.69) is 27.9 Å². The fourth-order valence-electron chi connectivity index (χ4n) is 2.91. The second-order valence-electron chi connectivity index (χ2n) is 6.15. The number of benzene rings is 2. The van der Waals surface area contributed by atoms with Crippen LogP contribution in [0.25, 0.3) is 0 Å². The molecule has 1 aliphatic heterocycles. The minimum Gasteiger partial charge on any atom is -0.326 e. The summed E-state index contributed by atoms with van der Waals surface area (Å²) in [7, 11) is -3.74. The molecule has 0 saturated carbocycles. The normalized spacial score (nSPS) is 18.5. The van der Waals surface area contributed by atoms with Gasteiger partial charge in [0.1, 0.15) is 5.82 Å². The van der Waals surface area contributed by atoms with E-state index < -0.39 is 21.8 Å². The summed E-state index contributed by atoms with van der Waals surface area (Å²) in [6, 6.07) is 12.2. The third-order valence-corrected chi connectivity index (χ3v) is 6.92. The fraction of sp³-hybridized carbons (Fsp3) is 0.278. The average Bonchev–Trinajstić information content (AvgIpc) is 2.64. The van der Waals surface area contributed by atoms with Crippen molar-refractivity contribution in [3.63, 3.8) is 0 Å². The van der Waals surface area contributed by atoms with Crippen LogP contribution in [-0.4, -0.2) is 31.7 Å². The summed E-state index contributed by atoms with van der Waals surface area (Å²) in [6.07, 6.45) is 1.23. The van der Waals surface area contributed by atoms with Crippen molar-refractivity contribution in [2.75, 3.05) is 18.4 Å². The van der Waals surface area contributed by atoms with E-state index in [4.69, 9.17) is 0 Å². The van der Waals surface area contributed by atoms with E-state index >= 15 is 0 Å². The minimum absolute atomic E-state index is 0.0394. The van der Waals surface area contributed by atoms with Gasteiger partial charge in [0.25, 0.3) is 0 Å². The van der Waals surface area contributed by atoms with Gasteiger partial charge in [-0.3, -0.25) is 4.79 Å². The lowest BCUT2D eigenvalue weighted by Gasteiger charge is -2.31. The number of amides is 1. The van der Waals surface area contributed by atoms with E-state index in [9.17, 15) is 17.6 Å². The summed E-state index contributed by atoms with van der Waals surface area (Å²) in [5.41, 5.74) is 0.689. The van der Waals surface area contributed by atoms with Gasteiger partial charge < -0.3 is 5.32 Å².